The Labute approximate surface area is 312 Å². The van der Waals surface area contributed by atoms with Gasteiger partial charge in [-0.25, -0.2) is 0 Å². The predicted octanol–water partition coefficient (Wildman–Crippen LogP) is 11.9. The number of nitriles is 2. The van der Waals surface area contributed by atoms with Crippen molar-refractivity contribution in [2.75, 3.05) is 7.11 Å². The van der Waals surface area contributed by atoms with Crippen LogP contribution in [0.5, 0.6) is 5.75 Å². The minimum atomic E-state index is 0.440. The van der Waals surface area contributed by atoms with Crippen LogP contribution in [0.15, 0.2) is 164 Å². The quantitative estimate of drug-likeness (QED) is 0.129. The van der Waals surface area contributed by atoms with Crippen LogP contribution in [-0.2, 0) is 0 Å². The van der Waals surface area contributed by atoms with E-state index in [0.717, 1.165) is 77.0 Å². The molecular formula is C49H32N4O. The molecule has 0 radical (unpaired) electrons. The lowest BCUT2D eigenvalue weighted by molar-refractivity contribution is 0.412. The molecule has 54 heavy (non-hydrogen) atoms. The van der Waals surface area contributed by atoms with Crippen LogP contribution in [0.3, 0.4) is 0 Å². The SMILES string of the molecule is COc1c(C(C#N)=C(c2ccccc2)c2cccc3[nH]c4ccccc4c23)cccc1C(C#N)=C(c1ccccc1)c1cccc2[nH]c3ccccc3c12. The number of nitrogens with one attached hydrogen (secondary N) is 2. The minimum Gasteiger partial charge on any atom is -0.495 e. The number of aromatic amines is 2. The second-order valence-corrected chi connectivity index (χ2v) is 13.1. The number of ether oxygens (including phenoxy) is 1. The van der Waals surface area contributed by atoms with Crippen molar-refractivity contribution in [3.8, 4) is 17.9 Å². The monoisotopic (exact) mass is 692 g/mol. The van der Waals surface area contributed by atoms with Gasteiger partial charge in [0.2, 0.25) is 0 Å². The Kier molecular flexibility index (Phi) is 8.08. The minimum absolute atomic E-state index is 0.440. The molecule has 9 rings (SSSR count). The molecule has 0 atom stereocenters. The first-order valence-corrected chi connectivity index (χ1v) is 17.8. The highest BCUT2D eigenvalue weighted by Crippen LogP contribution is 2.45. The van der Waals surface area contributed by atoms with E-state index in [1.165, 1.54) is 0 Å². The van der Waals surface area contributed by atoms with E-state index in [4.69, 9.17) is 4.74 Å². The summed E-state index contributed by atoms with van der Waals surface area (Å²) in [5.74, 6) is 0.449. The van der Waals surface area contributed by atoms with Crippen molar-refractivity contribution < 1.29 is 4.74 Å². The van der Waals surface area contributed by atoms with E-state index in [0.29, 0.717) is 28.0 Å². The van der Waals surface area contributed by atoms with Crippen LogP contribution in [0.2, 0.25) is 0 Å². The molecule has 5 heteroatoms. The van der Waals surface area contributed by atoms with Gasteiger partial charge in [0.15, 0.2) is 0 Å². The Morgan fingerprint density at radius 2 is 0.796 bits per heavy atom. The zero-order valence-electron chi connectivity index (χ0n) is 29.4. The van der Waals surface area contributed by atoms with Gasteiger partial charge in [-0.2, -0.15) is 10.5 Å². The van der Waals surface area contributed by atoms with Crippen molar-refractivity contribution in [3.63, 3.8) is 0 Å². The number of H-pyrrole nitrogens is 2. The Balaban J connectivity index is 1.37. The van der Waals surface area contributed by atoms with Gasteiger partial charge in [-0.1, -0.05) is 127 Å². The van der Waals surface area contributed by atoms with Crippen LogP contribution < -0.4 is 4.74 Å². The predicted molar refractivity (Wildman–Crippen MR) is 221 cm³/mol. The molecule has 0 aliphatic heterocycles. The van der Waals surface area contributed by atoms with Crippen LogP contribution in [0.1, 0.15) is 33.4 Å². The van der Waals surface area contributed by atoms with E-state index < -0.39 is 0 Å². The molecule has 0 fully saturated rings. The Morgan fingerprint density at radius 1 is 0.426 bits per heavy atom. The van der Waals surface area contributed by atoms with E-state index in [-0.39, 0.29) is 0 Å². The van der Waals surface area contributed by atoms with E-state index in [1.54, 1.807) is 7.11 Å². The van der Waals surface area contributed by atoms with E-state index in [9.17, 15) is 10.5 Å². The van der Waals surface area contributed by atoms with Crippen molar-refractivity contribution in [2.24, 2.45) is 0 Å². The molecule has 0 aliphatic rings. The second-order valence-electron chi connectivity index (χ2n) is 13.1. The van der Waals surface area contributed by atoms with Gasteiger partial charge in [0, 0.05) is 65.9 Å². The van der Waals surface area contributed by atoms with Crippen molar-refractivity contribution in [1.29, 1.82) is 10.5 Å². The number of methoxy groups -OCH3 is 1. The Hall–Kier alpha value is -7.60. The summed E-state index contributed by atoms with van der Waals surface area (Å²) in [6.07, 6.45) is 0. The zero-order chi connectivity index (χ0) is 36.6. The maximum Gasteiger partial charge on any atom is 0.136 e. The third kappa shape index (κ3) is 5.23. The van der Waals surface area contributed by atoms with E-state index >= 15 is 0 Å². The van der Waals surface area contributed by atoms with Crippen LogP contribution >= 0.6 is 0 Å². The molecule has 2 aromatic heterocycles. The highest BCUT2D eigenvalue weighted by molar-refractivity contribution is 6.19. The maximum absolute atomic E-state index is 11.2. The first-order valence-electron chi connectivity index (χ1n) is 17.8. The van der Waals surface area contributed by atoms with Crippen molar-refractivity contribution in [2.45, 2.75) is 0 Å². The molecule has 0 saturated carbocycles. The average molecular weight is 693 g/mol. The number of rotatable bonds is 7. The fourth-order valence-electron chi connectivity index (χ4n) is 7.95. The fraction of sp³-hybridized carbons (Fsp3) is 0.0204. The first-order chi connectivity index (χ1) is 26.7. The van der Waals surface area contributed by atoms with Crippen molar-refractivity contribution in [3.05, 3.63) is 197 Å². The summed E-state index contributed by atoms with van der Waals surface area (Å²) in [6, 6.07) is 59.8. The van der Waals surface area contributed by atoms with Crippen molar-refractivity contribution in [1.82, 2.24) is 9.97 Å². The molecule has 254 valence electrons. The Bertz CT molecular complexity index is 2840. The normalized spacial score (nSPS) is 12.4. The summed E-state index contributed by atoms with van der Waals surface area (Å²) >= 11 is 0. The Morgan fingerprint density at radius 3 is 1.22 bits per heavy atom. The highest BCUT2D eigenvalue weighted by Gasteiger charge is 2.25. The van der Waals surface area contributed by atoms with Gasteiger partial charge in [0.05, 0.1) is 18.3 Å². The summed E-state index contributed by atoms with van der Waals surface area (Å²) < 4.78 is 6.29. The van der Waals surface area contributed by atoms with Gasteiger partial charge in [0.1, 0.15) is 17.9 Å². The molecule has 0 unspecified atom stereocenters. The van der Waals surface area contributed by atoms with Crippen LogP contribution in [0, 0.1) is 22.7 Å². The van der Waals surface area contributed by atoms with Gasteiger partial charge >= 0.3 is 0 Å². The summed E-state index contributed by atoms with van der Waals surface area (Å²) in [6.45, 7) is 0. The largest absolute Gasteiger partial charge is 0.495 e. The maximum atomic E-state index is 11.2. The third-order valence-corrected chi connectivity index (χ3v) is 10.2. The molecule has 9 aromatic rings. The number of benzene rings is 7. The standard InChI is InChI=1S/C49H32N4O/c1-54-49-33(39(29-50)45(31-15-4-2-5-16-31)37-23-13-27-43-47(37)35-19-8-10-25-41(35)52-43)21-12-22-34(49)40(30-51)46(32-17-6-3-7-18-32)38-24-14-28-44-48(38)36-20-9-11-26-42(36)53-44/h2-28,52-53H,1H3. The number of para-hydroxylation sites is 3. The molecule has 7 aromatic carbocycles. The van der Waals surface area contributed by atoms with Gasteiger partial charge in [-0.3, -0.25) is 0 Å². The molecule has 2 N–H and O–H groups in total. The molecule has 5 nitrogen and oxygen atoms in total. The summed E-state index contributed by atoms with van der Waals surface area (Å²) in [4.78, 5) is 7.13. The molecule has 0 spiro atoms. The third-order valence-electron chi connectivity index (χ3n) is 10.2. The number of hydrogen-bond donors (Lipinski definition) is 2. The van der Waals surface area contributed by atoms with Crippen LogP contribution in [0.4, 0.5) is 0 Å². The molecule has 0 saturated heterocycles. The van der Waals surface area contributed by atoms with Crippen LogP contribution in [0.25, 0.3) is 65.9 Å². The number of aromatic nitrogens is 2. The fourth-order valence-corrected chi connectivity index (χ4v) is 7.95. The second kappa shape index (κ2) is 13.5. The topological polar surface area (TPSA) is 88.4 Å². The summed E-state index contributed by atoms with van der Waals surface area (Å²) in [5, 5.41) is 26.7. The number of hydrogen-bond acceptors (Lipinski definition) is 3. The molecule has 0 aliphatic carbocycles. The lowest BCUT2D eigenvalue weighted by atomic mass is 9.84. The van der Waals surface area contributed by atoms with Gasteiger partial charge in [-0.05, 0) is 58.7 Å². The lowest BCUT2D eigenvalue weighted by Crippen LogP contribution is -2.02. The molecule has 2 heterocycles. The zero-order valence-corrected chi connectivity index (χ0v) is 29.4. The lowest BCUT2D eigenvalue weighted by Gasteiger charge is -2.19. The first kappa shape index (κ1) is 32.3. The molecular weight excluding hydrogens is 661 g/mol. The van der Waals surface area contributed by atoms with Gasteiger partial charge in [-0.15, -0.1) is 0 Å². The van der Waals surface area contributed by atoms with Crippen molar-refractivity contribution >= 4 is 65.9 Å². The number of allylic oxidation sites excluding steroid dienone is 2. The number of fused-ring (bicyclic) bond motifs is 6. The van der Waals surface area contributed by atoms with E-state index in [2.05, 4.69) is 70.6 Å². The molecule has 0 amide bonds. The average Bonchev–Trinajstić information content (AvgIpc) is 3.81. The van der Waals surface area contributed by atoms with Gasteiger partial charge in [0.25, 0.3) is 0 Å². The highest BCUT2D eigenvalue weighted by atomic mass is 16.5. The smallest absolute Gasteiger partial charge is 0.136 e. The van der Waals surface area contributed by atoms with Crippen LogP contribution in [-0.4, -0.2) is 17.1 Å². The number of nitrogens with zero attached hydrogens (tertiary/aromatic N) is 2. The molecule has 0 bridgehead atoms. The van der Waals surface area contributed by atoms with Gasteiger partial charge < -0.3 is 14.7 Å². The van der Waals surface area contributed by atoms with E-state index in [1.807, 2.05) is 115 Å². The summed E-state index contributed by atoms with van der Waals surface area (Å²) in [5.41, 5.74) is 11.3. The summed E-state index contributed by atoms with van der Waals surface area (Å²) in [7, 11) is 1.61.